The lowest BCUT2D eigenvalue weighted by atomic mass is 10.0. The zero-order valence-electron chi connectivity index (χ0n) is 38.8. The van der Waals surface area contributed by atoms with Gasteiger partial charge in [0, 0.05) is 7.11 Å². The van der Waals surface area contributed by atoms with Gasteiger partial charge in [-0.3, -0.25) is 0 Å². The van der Waals surface area contributed by atoms with Crippen molar-refractivity contribution in [1.82, 2.24) is 0 Å². The monoisotopic (exact) mass is 777 g/mol. The molecule has 0 fully saturated rings. The van der Waals surface area contributed by atoms with Crippen LogP contribution in [0.3, 0.4) is 0 Å². The third-order valence-corrected chi connectivity index (χ3v) is 17.8. The van der Waals surface area contributed by atoms with Crippen molar-refractivity contribution in [3.05, 3.63) is 0 Å². The summed E-state index contributed by atoms with van der Waals surface area (Å²) in [4.78, 5) is 0. The van der Waals surface area contributed by atoms with E-state index in [2.05, 4.69) is 27.9 Å². The third kappa shape index (κ3) is 41.8. The van der Waals surface area contributed by atoms with E-state index < -0.39 is 8.32 Å². The molecule has 0 atom stereocenters. The first kappa shape index (κ1) is 54.2. The topological polar surface area (TPSA) is 9.23 Å². The van der Waals surface area contributed by atoms with Crippen molar-refractivity contribution in [2.24, 2.45) is 0 Å². The molecular formula is C52H108OSi. The average Bonchev–Trinajstić information content (AvgIpc) is 3.19. The SMILES string of the molecule is CCCCCCCCCCCCCCCCC[Si](CCCCCCCCCCCCCCCCC)(CCCCCCCCCCCCCCCCC)OC. The van der Waals surface area contributed by atoms with Crippen LogP contribution in [0.1, 0.15) is 310 Å². The van der Waals surface area contributed by atoms with Gasteiger partial charge in [-0.25, -0.2) is 0 Å². The van der Waals surface area contributed by atoms with Gasteiger partial charge in [-0.15, -0.1) is 0 Å². The van der Waals surface area contributed by atoms with E-state index in [1.807, 2.05) is 0 Å². The zero-order chi connectivity index (χ0) is 39.1. The van der Waals surface area contributed by atoms with E-state index in [-0.39, 0.29) is 0 Å². The fourth-order valence-electron chi connectivity index (χ4n) is 9.14. The Labute approximate surface area is 346 Å². The number of unbranched alkanes of at least 4 members (excludes halogenated alkanes) is 42. The molecule has 0 heterocycles. The first-order valence-electron chi connectivity index (χ1n) is 26.3. The van der Waals surface area contributed by atoms with Gasteiger partial charge >= 0.3 is 0 Å². The van der Waals surface area contributed by atoms with Gasteiger partial charge in [0.2, 0.25) is 0 Å². The Morgan fingerprint density at radius 1 is 0.204 bits per heavy atom. The molecule has 2 heteroatoms. The maximum Gasteiger partial charge on any atom is 0.192 e. The molecule has 0 saturated carbocycles. The minimum Gasteiger partial charge on any atom is -0.420 e. The molecule has 0 aromatic heterocycles. The molecular weight excluding hydrogens is 669 g/mol. The van der Waals surface area contributed by atoms with Crippen LogP contribution in [0.5, 0.6) is 0 Å². The van der Waals surface area contributed by atoms with Gasteiger partial charge in [0.15, 0.2) is 8.32 Å². The molecule has 1 nitrogen and oxygen atoms in total. The van der Waals surface area contributed by atoms with Crippen LogP contribution in [0.4, 0.5) is 0 Å². The summed E-state index contributed by atoms with van der Waals surface area (Å²) in [6.07, 6.45) is 65.7. The van der Waals surface area contributed by atoms with Crippen molar-refractivity contribution < 1.29 is 4.43 Å². The summed E-state index contributed by atoms with van der Waals surface area (Å²) >= 11 is 0. The highest BCUT2D eigenvalue weighted by Gasteiger charge is 2.32. The molecule has 0 aliphatic carbocycles. The van der Waals surface area contributed by atoms with Gasteiger partial charge in [-0.05, 0) is 18.1 Å². The van der Waals surface area contributed by atoms with E-state index in [9.17, 15) is 0 Å². The van der Waals surface area contributed by atoms with E-state index in [1.54, 1.807) is 0 Å². The number of hydrogen-bond donors (Lipinski definition) is 0. The predicted octanol–water partition coefficient (Wildman–Crippen LogP) is 20.2. The van der Waals surface area contributed by atoms with Crippen molar-refractivity contribution in [3.63, 3.8) is 0 Å². The maximum atomic E-state index is 6.63. The van der Waals surface area contributed by atoms with Crippen molar-refractivity contribution in [3.8, 4) is 0 Å². The van der Waals surface area contributed by atoms with Crippen LogP contribution in [0, 0.1) is 0 Å². The Balaban J connectivity index is 4.20. The van der Waals surface area contributed by atoms with E-state index >= 15 is 0 Å². The molecule has 54 heavy (non-hydrogen) atoms. The fraction of sp³-hybridized carbons (Fsp3) is 1.00. The highest BCUT2D eigenvalue weighted by atomic mass is 28.4. The van der Waals surface area contributed by atoms with Gasteiger partial charge in [0.1, 0.15) is 0 Å². The molecule has 326 valence electrons. The summed E-state index contributed by atoms with van der Waals surface area (Å²) in [6.45, 7) is 6.96. The standard InChI is InChI=1S/C52H108OSi/c1-5-8-11-14-17-20-23-26-29-32-35-38-41-44-47-50-54(53-4,51-48-45-42-39-36-33-30-27-24-21-18-15-12-9-6-2)52-49-46-43-40-37-34-31-28-25-22-19-16-13-10-7-3/h5-52H2,1-4H3. The quantitative estimate of drug-likeness (QED) is 0.0442. The van der Waals surface area contributed by atoms with Crippen molar-refractivity contribution in [2.45, 2.75) is 328 Å². The minimum atomic E-state index is -1.58. The van der Waals surface area contributed by atoms with Gasteiger partial charge in [-0.1, -0.05) is 310 Å². The summed E-state index contributed by atoms with van der Waals surface area (Å²) in [5.41, 5.74) is 0. The molecule has 0 radical (unpaired) electrons. The maximum absolute atomic E-state index is 6.63. The molecule has 0 aromatic carbocycles. The second-order valence-electron chi connectivity index (χ2n) is 18.5. The Kier molecular flexibility index (Phi) is 47.7. The van der Waals surface area contributed by atoms with E-state index in [0.29, 0.717) is 0 Å². The highest BCUT2D eigenvalue weighted by Crippen LogP contribution is 2.31. The molecule has 0 rings (SSSR count). The lowest BCUT2D eigenvalue weighted by Crippen LogP contribution is -2.36. The summed E-state index contributed by atoms with van der Waals surface area (Å²) < 4.78 is 6.63. The lowest BCUT2D eigenvalue weighted by molar-refractivity contribution is 0.380. The Morgan fingerprint density at radius 2 is 0.333 bits per heavy atom. The molecule has 0 amide bonds. The van der Waals surface area contributed by atoms with Gasteiger partial charge in [0.25, 0.3) is 0 Å². The van der Waals surface area contributed by atoms with Gasteiger partial charge in [0.05, 0.1) is 0 Å². The largest absolute Gasteiger partial charge is 0.420 e. The van der Waals surface area contributed by atoms with Crippen molar-refractivity contribution in [2.75, 3.05) is 7.11 Å². The number of rotatable bonds is 49. The van der Waals surface area contributed by atoms with Crippen LogP contribution in [-0.4, -0.2) is 15.4 Å². The molecule has 0 N–H and O–H groups in total. The van der Waals surface area contributed by atoms with Crippen LogP contribution in [-0.2, 0) is 4.43 Å². The van der Waals surface area contributed by atoms with Gasteiger partial charge < -0.3 is 4.43 Å². The molecule has 0 unspecified atom stereocenters. The van der Waals surface area contributed by atoms with Crippen LogP contribution in [0.25, 0.3) is 0 Å². The fourth-order valence-corrected chi connectivity index (χ4v) is 13.2. The first-order chi connectivity index (χ1) is 26.7. The van der Waals surface area contributed by atoms with Crippen LogP contribution < -0.4 is 0 Å². The second-order valence-corrected chi connectivity index (χ2v) is 22.8. The molecule has 0 bridgehead atoms. The number of hydrogen-bond acceptors (Lipinski definition) is 1. The predicted molar refractivity (Wildman–Crippen MR) is 252 cm³/mol. The second kappa shape index (κ2) is 47.6. The summed E-state index contributed by atoms with van der Waals surface area (Å²) in [6, 6.07) is 4.33. The smallest absolute Gasteiger partial charge is 0.192 e. The summed E-state index contributed by atoms with van der Waals surface area (Å²) in [5, 5.41) is 0. The Morgan fingerprint density at radius 3 is 0.463 bits per heavy atom. The van der Waals surface area contributed by atoms with Crippen molar-refractivity contribution in [1.29, 1.82) is 0 Å². The Hall–Kier alpha value is 0.177. The van der Waals surface area contributed by atoms with Crippen LogP contribution >= 0.6 is 0 Å². The molecule has 0 aromatic rings. The first-order valence-corrected chi connectivity index (χ1v) is 28.8. The van der Waals surface area contributed by atoms with E-state index in [0.717, 1.165) is 0 Å². The summed E-state index contributed by atoms with van der Waals surface area (Å²) in [7, 11) is 0.534. The molecule has 0 aliphatic heterocycles. The summed E-state index contributed by atoms with van der Waals surface area (Å²) in [5.74, 6) is 0. The average molecular weight is 778 g/mol. The van der Waals surface area contributed by atoms with Crippen molar-refractivity contribution >= 4 is 8.32 Å². The van der Waals surface area contributed by atoms with E-state index in [1.165, 1.54) is 307 Å². The Bertz CT molecular complexity index is 565. The highest BCUT2D eigenvalue weighted by molar-refractivity contribution is 6.73. The molecule has 0 spiro atoms. The minimum absolute atomic E-state index is 1.37. The van der Waals surface area contributed by atoms with Gasteiger partial charge in [-0.2, -0.15) is 0 Å². The normalized spacial score (nSPS) is 12.0. The van der Waals surface area contributed by atoms with Crippen LogP contribution in [0.15, 0.2) is 0 Å². The molecule has 0 aliphatic rings. The zero-order valence-corrected chi connectivity index (χ0v) is 39.8. The third-order valence-electron chi connectivity index (χ3n) is 13.1. The van der Waals surface area contributed by atoms with Crippen LogP contribution in [0.2, 0.25) is 18.1 Å². The lowest BCUT2D eigenvalue weighted by Gasteiger charge is -2.30. The van der Waals surface area contributed by atoms with E-state index in [4.69, 9.17) is 4.43 Å². The molecule has 0 saturated heterocycles.